The Labute approximate surface area is 204 Å². The summed E-state index contributed by atoms with van der Waals surface area (Å²) >= 11 is 1.83. The minimum atomic E-state index is -2.97. The van der Waals surface area contributed by atoms with E-state index in [1.807, 2.05) is 11.8 Å². The van der Waals surface area contributed by atoms with Crippen molar-refractivity contribution in [1.29, 1.82) is 0 Å². The number of ether oxygens (including phenoxy) is 1. The fourth-order valence-corrected chi connectivity index (χ4v) is 6.04. The Morgan fingerprint density at radius 3 is 2.89 bits per heavy atom. The Bertz CT molecular complexity index is 1230. The van der Waals surface area contributed by atoms with Gasteiger partial charge in [-0.3, -0.25) is 9.78 Å². The predicted octanol–water partition coefficient (Wildman–Crippen LogP) is 4.19. The second-order valence-corrected chi connectivity index (χ2v) is 10.2. The zero-order valence-electron chi connectivity index (χ0n) is 19.0. The van der Waals surface area contributed by atoms with Crippen molar-refractivity contribution in [3.63, 3.8) is 0 Å². The molecule has 1 N–H and O–H groups in total. The maximum absolute atomic E-state index is 13.5. The Balaban J connectivity index is 1.50. The molecule has 3 aromatic rings. The summed E-state index contributed by atoms with van der Waals surface area (Å²) in [5, 5.41) is 7.94. The molecule has 0 bridgehead atoms. The van der Waals surface area contributed by atoms with E-state index in [1.54, 1.807) is 4.68 Å². The number of fused-ring (bicyclic) bond motifs is 1. The van der Waals surface area contributed by atoms with Crippen molar-refractivity contribution in [3.05, 3.63) is 53.9 Å². The number of pyridine rings is 2. The number of hydrogen-bond acceptors (Lipinski definition) is 6. The van der Waals surface area contributed by atoms with Gasteiger partial charge in [0.25, 0.3) is 0 Å². The highest BCUT2D eigenvalue weighted by atomic mass is 32.2. The van der Waals surface area contributed by atoms with Gasteiger partial charge in [0, 0.05) is 41.0 Å². The molecule has 1 aliphatic heterocycles. The number of nitrogens with zero attached hydrogens (tertiary/aromatic N) is 4. The van der Waals surface area contributed by atoms with Crippen LogP contribution in [0.3, 0.4) is 0 Å². The van der Waals surface area contributed by atoms with Gasteiger partial charge in [0.2, 0.25) is 5.91 Å². The lowest BCUT2D eigenvalue weighted by Crippen LogP contribution is -2.49. The topological polar surface area (TPSA) is 81.9 Å². The molecule has 0 spiro atoms. The first-order valence-electron chi connectivity index (χ1n) is 11.3. The SMILES string of the molecule is CC1(NC(=O)C2CCc3c(-c4cncc(OC(F)F)c4)nn(-c4ccc(F)cn4)c3C2)CCSC1. The smallest absolute Gasteiger partial charge is 0.387 e. The van der Waals surface area contributed by atoms with E-state index in [1.165, 1.54) is 30.6 Å². The van der Waals surface area contributed by atoms with Crippen LogP contribution in [0.4, 0.5) is 13.2 Å². The molecule has 4 heterocycles. The van der Waals surface area contributed by atoms with Crippen LogP contribution in [0, 0.1) is 11.7 Å². The molecular weight excluding hydrogens is 479 g/mol. The van der Waals surface area contributed by atoms with Gasteiger partial charge in [-0.05, 0) is 50.1 Å². The minimum absolute atomic E-state index is 0.0102. The Morgan fingerprint density at radius 2 is 2.17 bits per heavy atom. The number of aromatic nitrogens is 4. The second kappa shape index (κ2) is 9.52. The first kappa shape index (κ1) is 23.7. The highest BCUT2D eigenvalue weighted by Gasteiger charge is 2.36. The monoisotopic (exact) mass is 503 g/mol. The number of halogens is 3. The zero-order valence-corrected chi connectivity index (χ0v) is 19.8. The van der Waals surface area contributed by atoms with Gasteiger partial charge in [-0.2, -0.15) is 25.6 Å². The van der Waals surface area contributed by atoms with Crippen LogP contribution in [0.5, 0.6) is 5.75 Å². The normalized spacial score (nSPS) is 21.7. The highest BCUT2D eigenvalue weighted by Crippen LogP contribution is 2.36. The minimum Gasteiger partial charge on any atom is -0.433 e. The lowest BCUT2D eigenvalue weighted by Gasteiger charge is -2.29. The largest absolute Gasteiger partial charge is 0.433 e. The molecular formula is C24H24F3N5O2S. The Kier molecular flexibility index (Phi) is 6.43. The third-order valence-corrected chi connectivity index (χ3v) is 7.76. The van der Waals surface area contributed by atoms with Crippen LogP contribution < -0.4 is 10.1 Å². The molecule has 1 aliphatic carbocycles. The summed E-state index contributed by atoms with van der Waals surface area (Å²) in [6, 6.07) is 4.27. The molecule has 7 nitrogen and oxygen atoms in total. The number of alkyl halides is 2. The van der Waals surface area contributed by atoms with Crippen molar-refractivity contribution >= 4 is 17.7 Å². The molecule has 2 aliphatic rings. The summed E-state index contributed by atoms with van der Waals surface area (Å²) in [4.78, 5) is 21.4. The van der Waals surface area contributed by atoms with Crippen LogP contribution in [0.1, 0.15) is 31.0 Å². The summed E-state index contributed by atoms with van der Waals surface area (Å²) in [7, 11) is 0. The van der Waals surface area contributed by atoms with Crippen LogP contribution in [0.25, 0.3) is 17.1 Å². The number of hydrogen-bond donors (Lipinski definition) is 1. The average Bonchev–Trinajstić information content (AvgIpc) is 3.43. The van der Waals surface area contributed by atoms with Crippen molar-refractivity contribution in [2.75, 3.05) is 11.5 Å². The van der Waals surface area contributed by atoms with Crippen molar-refractivity contribution in [3.8, 4) is 22.8 Å². The summed E-state index contributed by atoms with van der Waals surface area (Å²) in [5.74, 6) is 1.54. The fraction of sp³-hybridized carbons (Fsp3) is 0.417. The average molecular weight is 504 g/mol. The van der Waals surface area contributed by atoms with Crippen LogP contribution in [0.2, 0.25) is 0 Å². The second-order valence-electron chi connectivity index (χ2n) is 9.10. The molecule has 1 fully saturated rings. The molecule has 0 radical (unpaired) electrons. The van der Waals surface area contributed by atoms with Gasteiger partial charge in [0.15, 0.2) is 5.82 Å². The van der Waals surface area contributed by atoms with E-state index in [9.17, 15) is 18.0 Å². The van der Waals surface area contributed by atoms with Crippen LogP contribution >= 0.6 is 11.8 Å². The lowest BCUT2D eigenvalue weighted by molar-refractivity contribution is -0.126. The lowest BCUT2D eigenvalue weighted by atomic mass is 9.84. The molecule has 1 saturated heterocycles. The fourth-order valence-electron chi connectivity index (χ4n) is 4.63. The number of amides is 1. The number of thioether (sulfide) groups is 1. The van der Waals surface area contributed by atoms with Crippen molar-refractivity contribution in [1.82, 2.24) is 25.1 Å². The van der Waals surface area contributed by atoms with E-state index in [4.69, 9.17) is 5.10 Å². The zero-order chi connectivity index (χ0) is 24.6. The van der Waals surface area contributed by atoms with Crippen molar-refractivity contribution < 1.29 is 22.7 Å². The van der Waals surface area contributed by atoms with E-state index in [-0.39, 0.29) is 23.1 Å². The molecule has 35 heavy (non-hydrogen) atoms. The third-order valence-electron chi connectivity index (χ3n) is 6.43. The first-order chi connectivity index (χ1) is 16.8. The van der Waals surface area contributed by atoms with Gasteiger partial charge in [0.1, 0.15) is 11.6 Å². The molecule has 3 aromatic heterocycles. The van der Waals surface area contributed by atoms with E-state index in [2.05, 4.69) is 26.9 Å². The molecule has 0 aromatic carbocycles. The molecule has 2 unspecified atom stereocenters. The van der Waals surface area contributed by atoms with E-state index < -0.39 is 12.4 Å². The molecule has 11 heteroatoms. The van der Waals surface area contributed by atoms with Crippen molar-refractivity contribution in [2.24, 2.45) is 5.92 Å². The molecule has 2 atom stereocenters. The Morgan fingerprint density at radius 1 is 1.31 bits per heavy atom. The van der Waals surface area contributed by atoms with Crippen molar-refractivity contribution in [2.45, 2.75) is 44.8 Å². The maximum Gasteiger partial charge on any atom is 0.387 e. The molecule has 0 saturated carbocycles. The number of carbonyl (C=O) groups excluding carboxylic acids is 1. The third kappa shape index (κ3) is 5.00. The van der Waals surface area contributed by atoms with E-state index in [0.29, 0.717) is 36.3 Å². The summed E-state index contributed by atoms with van der Waals surface area (Å²) in [6.07, 6.45) is 6.40. The first-order valence-corrected chi connectivity index (χ1v) is 12.5. The van der Waals surface area contributed by atoms with Gasteiger partial charge in [0.05, 0.1) is 23.8 Å². The standard InChI is InChI=1S/C24H24F3N5O2S/c1-24(6-7-35-13-24)30-22(33)14-2-4-18-19(9-14)32(20-5-3-16(25)11-29-20)31-21(18)15-8-17(12-28-10-15)34-23(26)27/h3,5,8,10-12,14,23H,2,4,6-7,9,13H2,1H3,(H,30,33). The van der Waals surface area contributed by atoms with Gasteiger partial charge in [-0.25, -0.2) is 14.1 Å². The predicted molar refractivity (Wildman–Crippen MR) is 125 cm³/mol. The number of nitrogens with one attached hydrogen (secondary N) is 1. The number of carbonyl (C=O) groups is 1. The molecule has 5 rings (SSSR count). The Hall–Kier alpha value is -3.08. The quantitative estimate of drug-likeness (QED) is 0.544. The van der Waals surface area contributed by atoms with Crippen LogP contribution in [-0.4, -0.2) is 49.3 Å². The van der Waals surface area contributed by atoms with Gasteiger partial charge >= 0.3 is 6.61 Å². The molecule has 184 valence electrons. The van der Waals surface area contributed by atoms with E-state index >= 15 is 0 Å². The van der Waals surface area contributed by atoms with Gasteiger partial charge < -0.3 is 10.1 Å². The number of rotatable bonds is 6. The highest BCUT2D eigenvalue weighted by molar-refractivity contribution is 7.99. The summed E-state index contributed by atoms with van der Waals surface area (Å²) in [6.45, 7) is -0.896. The van der Waals surface area contributed by atoms with Crippen LogP contribution in [-0.2, 0) is 17.6 Å². The van der Waals surface area contributed by atoms with E-state index in [0.717, 1.165) is 35.4 Å². The summed E-state index contributed by atoms with van der Waals surface area (Å²) < 4.78 is 45.1. The van der Waals surface area contributed by atoms with Gasteiger partial charge in [-0.15, -0.1) is 0 Å². The van der Waals surface area contributed by atoms with Gasteiger partial charge in [-0.1, -0.05) is 0 Å². The van der Waals surface area contributed by atoms with Crippen LogP contribution in [0.15, 0.2) is 36.8 Å². The summed E-state index contributed by atoms with van der Waals surface area (Å²) in [5.41, 5.74) is 2.54. The molecule has 1 amide bonds. The maximum atomic E-state index is 13.5.